The number of benzene rings is 2. The fraction of sp³-hybridized carbons (Fsp3) is 0.318. The van der Waals surface area contributed by atoms with Crippen molar-refractivity contribution in [2.24, 2.45) is 0 Å². The zero-order valence-corrected chi connectivity index (χ0v) is 15.8. The standard InChI is InChI=1S/C22H26O4/c1-16-9-11-20(18(15-16)22(2,3)4)26-14-13-25-19-8-6-5-7-17(19)10-12-21(23)24/h5-12,15H,13-14H2,1-4H3,(H,23,24). The Labute approximate surface area is 155 Å². The molecule has 0 saturated heterocycles. The number of rotatable bonds is 7. The normalized spacial score (nSPS) is 11.5. The summed E-state index contributed by atoms with van der Waals surface area (Å²) in [6.07, 6.45) is 2.62. The Morgan fingerprint density at radius 1 is 1.04 bits per heavy atom. The van der Waals surface area contributed by atoms with E-state index in [2.05, 4.69) is 33.8 Å². The van der Waals surface area contributed by atoms with Gasteiger partial charge < -0.3 is 14.6 Å². The number of aliphatic carboxylic acids is 1. The molecule has 0 unspecified atom stereocenters. The molecule has 0 aliphatic heterocycles. The van der Waals surface area contributed by atoms with Crippen molar-refractivity contribution in [2.75, 3.05) is 13.2 Å². The first kappa shape index (κ1) is 19.6. The van der Waals surface area contributed by atoms with Crippen molar-refractivity contribution in [1.29, 1.82) is 0 Å². The van der Waals surface area contributed by atoms with Crippen LogP contribution in [-0.4, -0.2) is 24.3 Å². The van der Waals surface area contributed by atoms with Crippen molar-refractivity contribution >= 4 is 12.0 Å². The molecule has 2 aromatic carbocycles. The largest absolute Gasteiger partial charge is 0.490 e. The third kappa shape index (κ3) is 5.66. The van der Waals surface area contributed by atoms with Gasteiger partial charge in [-0.2, -0.15) is 0 Å². The van der Waals surface area contributed by atoms with Gasteiger partial charge in [-0.3, -0.25) is 0 Å². The molecule has 0 aromatic heterocycles. The lowest BCUT2D eigenvalue weighted by Crippen LogP contribution is -2.16. The Morgan fingerprint density at radius 3 is 2.35 bits per heavy atom. The highest BCUT2D eigenvalue weighted by molar-refractivity contribution is 5.85. The van der Waals surface area contributed by atoms with Gasteiger partial charge in [-0.05, 0) is 36.1 Å². The topological polar surface area (TPSA) is 55.8 Å². The van der Waals surface area contributed by atoms with E-state index in [4.69, 9.17) is 14.6 Å². The summed E-state index contributed by atoms with van der Waals surface area (Å²) in [7, 11) is 0. The van der Waals surface area contributed by atoms with E-state index in [1.165, 1.54) is 17.2 Å². The van der Waals surface area contributed by atoms with Gasteiger partial charge in [0.2, 0.25) is 0 Å². The summed E-state index contributed by atoms with van der Waals surface area (Å²) in [4.78, 5) is 10.7. The first-order chi connectivity index (χ1) is 12.3. The fourth-order valence-electron chi connectivity index (χ4n) is 2.57. The summed E-state index contributed by atoms with van der Waals surface area (Å²) in [6, 6.07) is 13.5. The number of carboxylic acid groups (broad SMARTS) is 1. The minimum atomic E-state index is -0.989. The van der Waals surface area contributed by atoms with Crippen LogP contribution in [0.15, 0.2) is 48.5 Å². The number of hydrogen-bond donors (Lipinski definition) is 1. The van der Waals surface area contributed by atoms with Crippen LogP contribution in [-0.2, 0) is 10.2 Å². The first-order valence-electron chi connectivity index (χ1n) is 8.64. The summed E-state index contributed by atoms with van der Waals surface area (Å²) in [5.41, 5.74) is 3.09. The average molecular weight is 354 g/mol. The van der Waals surface area contributed by atoms with E-state index in [1.54, 1.807) is 0 Å². The lowest BCUT2D eigenvalue weighted by atomic mass is 9.85. The molecule has 0 atom stereocenters. The number of para-hydroxylation sites is 1. The quantitative estimate of drug-likeness (QED) is 0.570. The molecule has 2 aromatic rings. The Balaban J connectivity index is 1.99. The summed E-state index contributed by atoms with van der Waals surface area (Å²) >= 11 is 0. The van der Waals surface area contributed by atoms with Crippen LogP contribution in [0.25, 0.3) is 6.08 Å². The molecule has 26 heavy (non-hydrogen) atoms. The monoisotopic (exact) mass is 354 g/mol. The van der Waals surface area contributed by atoms with Gasteiger partial charge in [-0.1, -0.05) is 56.7 Å². The van der Waals surface area contributed by atoms with Gasteiger partial charge in [-0.25, -0.2) is 4.79 Å². The molecule has 0 amide bonds. The van der Waals surface area contributed by atoms with Crippen molar-refractivity contribution < 1.29 is 19.4 Å². The summed E-state index contributed by atoms with van der Waals surface area (Å²) in [5.74, 6) is 0.511. The average Bonchev–Trinajstić information content (AvgIpc) is 2.57. The molecule has 0 fully saturated rings. The number of carboxylic acids is 1. The molecule has 4 heteroatoms. The highest BCUT2D eigenvalue weighted by Gasteiger charge is 2.19. The van der Waals surface area contributed by atoms with Gasteiger partial charge in [0.05, 0.1) is 0 Å². The van der Waals surface area contributed by atoms with Crippen molar-refractivity contribution in [3.63, 3.8) is 0 Å². The highest BCUT2D eigenvalue weighted by Crippen LogP contribution is 2.32. The number of carbonyl (C=O) groups is 1. The van der Waals surface area contributed by atoms with Crippen LogP contribution in [0.5, 0.6) is 11.5 Å². The number of ether oxygens (including phenoxy) is 2. The summed E-state index contributed by atoms with van der Waals surface area (Å²) in [5, 5.41) is 8.77. The van der Waals surface area contributed by atoms with Crippen molar-refractivity contribution in [3.05, 3.63) is 65.2 Å². The van der Waals surface area contributed by atoms with E-state index < -0.39 is 5.97 Å². The highest BCUT2D eigenvalue weighted by atomic mass is 16.5. The summed E-state index contributed by atoms with van der Waals surface area (Å²) < 4.78 is 11.7. The fourth-order valence-corrected chi connectivity index (χ4v) is 2.57. The smallest absolute Gasteiger partial charge is 0.328 e. The Hall–Kier alpha value is -2.75. The molecular formula is C22H26O4. The molecule has 0 spiro atoms. The zero-order valence-electron chi connectivity index (χ0n) is 15.8. The van der Waals surface area contributed by atoms with Crippen LogP contribution in [0.4, 0.5) is 0 Å². The van der Waals surface area contributed by atoms with E-state index in [0.29, 0.717) is 19.0 Å². The molecule has 0 radical (unpaired) electrons. The van der Waals surface area contributed by atoms with Gasteiger partial charge in [0.15, 0.2) is 0 Å². The molecule has 138 valence electrons. The molecule has 0 heterocycles. The maximum Gasteiger partial charge on any atom is 0.328 e. The predicted molar refractivity (Wildman–Crippen MR) is 104 cm³/mol. The lowest BCUT2D eigenvalue weighted by molar-refractivity contribution is -0.131. The zero-order chi connectivity index (χ0) is 19.2. The third-order valence-electron chi connectivity index (χ3n) is 3.87. The second-order valence-electron chi connectivity index (χ2n) is 7.16. The third-order valence-corrected chi connectivity index (χ3v) is 3.87. The Morgan fingerprint density at radius 2 is 1.69 bits per heavy atom. The van der Waals surface area contributed by atoms with E-state index in [0.717, 1.165) is 17.4 Å². The molecule has 0 bridgehead atoms. The van der Waals surface area contributed by atoms with Crippen LogP contribution in [0.3, 0.4) is 0 Å². The van der Waals surface area contributed by atoms with Crippen LogP contribution in [0.1, 0.15) is 37.5 Å². The molecule has 0 aliphatic carbocycles. The van der Waals surface area contributed by atoms with Gasteiger partial charge in [0, 0.05) is 11.6 Å². The molecule has 1 N–H and O–H groups in total. The molecular weight excluding hydrogens is 328 g/mol. The lowest BCUT2D eigenvalue weighted by Gasteiger charge is -2.23. The Kier molecular flexibility index (Phi) is 6.45. The van der Waals surface area contributed by atoms with Gasteiger partial charge in [-0.15, -0.1) is 0 Å². The van der Waals surface area contributed by atoms with Crippen LogP contribution in [0.2, 0.25) is 0 Å². The SMILES string of the molecule is Cc1ccc(OCCOc2ccccc2C=CC(=O)O)c(C(C)(C)C)c1. The molecule has 0 saturated carbocycles. The van der Waals surface area contributed by atoms with Gasteiger partial charge in [0.25, 0.3) is 0 Å². The maximum absolute atomic E-state index is 10.7. The number of aryl methyl sites for hydroxylation is 1. The molecule has 2 rings (SSSR count). The van der Waals surface area contributed by atoms with Gasteiger partial charge in [0.1, 0.15) is 24.7 Å². The summed E-state index contributed by atoms with van der Waals surface area (Å²) in [6.45, 7) is 9.34. The van der Waals surface area contributed by atoms with Crippen molar-refractivity contribution in [2.45, 2.75) is 33.1 Å². The van der Waals surface area contributed by atoms with Crippen LogP contribution >= 0.6 is 0 Å². The predicted octanol–water partition coefficient (Wildman–Crippen LogP) is 4.85. The Bertz CT molecular complexity index is 785. The van der Waals surface area contributed by atoms with Crippen LogP contribution < -0.4 is 9.47 Å². The first-order valence-corrected chi connectivity index (χ1v) is 8.64. The second-order valence-corrected chi connectivity index (χ2v) is 7.16. The number of hydrogen-bond acceptors (Lipinski definition) is 3. The molecule has 0 aliphatic rings. The minimum absolute atomic E-state index is 0.00353. The van der Waals surface area contributed by atoms with Gasteiger partial charge >= 0.3 is 5.97 Å². The van der Waals surface area contributed by atoms with Crippen molar-refractivity contribution in [1.82, 2.24) is 0 Å². The van der Waals surface area contributed by atoms with Crippen molar-refractivity contribution in [3.8, 4) is 11.5 Å². The van der Waals surface area contributed by atoms with E-state index in [9.17, 15) is 4.79 Å². The van der Waals surface area contributed by atoms with E-state index >= 15 is 0 Å². The minimum Gasteiger partial charge on any atom is -0.490 e. The molecule has 4 nitrogen and oxygen atoms in total. The maximum atomic E-state index is 10.7. The van der Waals surface area contributed by atoms with Crippen LogP contribution in [0, 0.1) is 6.92 Å². The van der Waals surface area contributed by atoms with E-state index in [-0.39, 0.29) is 5.41 Å². The second kappa shape index (κ2) is 8.56. The van der Waals surface area contributed by atoms with E-state index in [1.807, 2.05) is 36.4 Å².